The standard InChI is InChI=1S/C16H25NO2S/c1-15(2,3)12-6-8-13(9-7-12)20-11-10-16(4,17)14(18)19-5/h6-9H,10-11,17H2,1-5H3. The van der Waals surface area contributed by atoms with Crippen molar-refractivity contribution in [1.29, 1.82) is 0 Å². The number of esters is 1. The molecule has 0 bridgehead atoms. The summed E-state index contributed by atoms with van der Waals surface area (Å²) in [4.78, 5) is 12.7. The van der Waals surface area contributed by atoms with Gasteiger partial charge in [0, 0.05) is 10.6 Å². The van der Waals surface area contributed by atoms with Gasteiger partial charge in [-0.05, 0) is 36.5 Å². The van der Waals surface area contributed by atoms with E-state index in [-0.39, 0.29) is 11.4 Å². The predicted octanol–water partition coefficient (Wildman–Crippen LogP) is 3.36. The molecule has 1 rings (SSSR count). The molecule has 0 radical (unpaired) electrons. The number of benzene rings is 1. The van der Waals surface area contributed by atoms with Crippen LogP contribution in [0.5, 0.6) is 0 Å². The quantitative estimate of drug-likeness (QED) is 0.668. The first-order chi connectivity index (χ1) is 9.16. The van der Waals surface area contributed by atoms with Crippen LogP contribution in [0.2, 0.25) is 0 Å². The molecule has 0 fully saturated rings. The molecule has 0 heterocycles. The van der Waals surface area contributed by atoms with Gasteiger partial charge in [0.25, 0.3) is 0 Å². The molecule has 0 saturated carbocycles. The SMILES string of the molecule is COC(=O)C(C)(N)CCSc1ccc(C(C)(C)C)cc1. The smallest absolute Gasteiger partial charge is 0.325 e. The van der Waals surface area contributed by atoms with E-state index in [1.807, 2.05) is 0 Å². The third-order valence-electron chi connectivity index (χ3n) is 3.26. The summed E-state index contributed by atoms with van der Waals surface area (Å²) in [7, 11) is 1.37. The summed E-state index contributed by atoms with van der Waals surface area (Å²) in [6.45, 7) is 8.31. The second-order valence-corrected chi connectivity index (χ2v) is 7.45. The van der Waals surface area contributed by atoms with Gasteiger partial charge in [-0.3, -0.25) is 4.79 Å². The monoisotopic (exact) mass is 295 g/mol. The molecular formula is C16H25NO2S. The van der Waals surface area contributed by atoms with Gasteiger partial charge in [0.1, 0.15) is 5.54 Å². The van der Waals surface area contributed by atoms with E-state index in [2.05, 4.69) is 45.0 Å². The van der Waals surface area contributed by atoms with Gasteiger partial charge in [0.15, 0.2) is 0 Å². The largest absolute Gasteiger partial charge is 0.468 e. The number of carbonyl (C=O) groups is 1. The van der Waals surface area contributed by atoms with Crippen LogP contribution in [-0.2, 0) is 14.9 Å². The predicted molar refractivity (Wildman–Crippen MR) is 85.1 cm³/mol. The lowest BCUT2D eigenvalue weighted by Crippen LogP contribution is -2.46. The molecule has 0 aliphatic rings. The Bertz CT molecular complexity index is 447. The third kappa shape index (κ3) is 4.84. The maximum atomic E-state index is 11.5. The summed E-state index contributed by atoms with van der Waals surface area (Å²) in [6, 6.07) is 8.56. The summed E-state index contributed by atoms with van der Waals surface area (Å²) in [6.07, 6.45) is 0.589. The lowest BCUT2D eigenvalue weighted by molar-refractivity contribution is -0.146. The van der Waals surface area contributed by atoms with Gasteiger partial charge in [-0.25, -0.2) is 0 Å². The third-order valence-corrected chi connectivity index (χ3v) is 4.28. The Hall–Kier alpha value is -1.00. The van der Waals surface area contributed by atoms with E-state index >= 15 is 0 Å². The molecule has 1 aromatic rings. The zero-order valence-electron chi connectivity index (χ0n) is 13.0. The van der Waals surface area contributed by atoms with Gasteiger partial charge in [-0.1, -0.05) is 32.9 Å². The maximum absolute atomic E-state index is 11.5. The van der Waals surface area contributed by atoms with Crippen molar-refractivity contribution < 1.29 is 9.53 Å². The van der Waals surface area contributed by atoms with Gasteiger partial charge >= 0.3 is 5.97 Å². The molecule has 0 amide bonds. The van der Waals surface area contributed by atoms with E-state index in [0.717, 1.165) is 5.75 Å². The van der Waals surface area contributed by atoms with Crippen LogP contribution < -0.4 is 5.73 Å². The Balaban J connectivity index is 2.53. The number of hydrogen-bond donors (Lipinski definition) is 1. The molecule has 1 atom stereocenters. The van der Waals surface area contributed by atoms with Crippen LogP contribution in [0.3, 0.4) is 0 Å². The number of carbonyl (C=O) groups excluding carboxylic acids is 1. The molecule has 112 valence electrons. The van der Waals surface area contributed by atoms with Crippen molar-refractivity contribution in [3.05, 3.63) is 29.8 Å². The van der Waals surface area contributed by atoms with E-state index in [9.17, 15) is 4.79 Å². The number of thioether (sulfide) groups is 1. The summed E-state index contributed by atoms with van der Waals surface area (Å²) >= 11 is 1.71. The Labute approximate surface area is 126 Å². The van der Waals surface area contributed by atoms with E-state index in [1.165, 1.54) is 17.6 Å². The normalized spacial score (nSPS) is 14.7. The Morgan fingerprint density at radius 2 is 1.75 bits per heavy atom. The Kier molecular flexibility index (Phi) is 5.66. The van der Waals surface area contributed by atoms with Crippen molar-refractivity contribution in [1.82, 2.24) is 0 Å². The Morgan fingerprint density at radius 1 is 1.20 bits per heavy atom. The maximum Gasteiger partial charge on any atom is 0.325 e. The Morgan fingerprint density at radius 3 is 2.20 bits per heavy atom. The lowest BCUT2D eigenvalue weighted by Gasteiger charge is -2.21. The molecular weight excluding hydrogens is 270 g/mol. The molecule has 2 N–H and O–H groups in total. The van der Waals surface area contributed by atoms with Crippen molar-refractivity contribution in [3.8, 4) is 0 Å². The van der Waals surface area contributed by atoms with Crippen LogP contribution >= 0.6 is 11.8 Å². The molecule has 0 spiro atoms. The number of nitrogens with two attached hydrogens (primary N) is 1. The van der Waals surface area contributed by atoms with Crippen LogP contribution in [0.25, 0.3) is 0 Å². The van der Waals surface area contributed by atoms with Crippen LogP contribution in [0.4, 0.5) is 0 Å². The first-order valence-corrected chi connectivity index (χ1v) is 7.76. The molecule has 0 saturated heterocycles. The van der Waals surface area contributed by atoms with Crippen molar-refractivity contribution in [3.63, 3.8) is 0 Å². The minimum atomic E-state index is -0.910. The number of rotatable bonds is 5. The fourth-order valence-electron chi connectivity index (χ4n) is 1.77. The highest BCUT2D eigenvalue weighted by molar-refractivity contribution is 7.99. The zero-order chi connectivity index (χ0) is 15.4. The topological polar surface area (TPSA) is 52.3 Å². The minimum Gasteiger partial charge on any atom is -0.468 e. The molecule has 0 aliphatic heterocycles. The lowest BCUT2D eigenvalue weighted by atomic mass is 9.87. The van der Waals surface area contributed by atoms with Crippen molar-refractivity contribution in [2.24, 2.45) is 5.73 Å². The second kappa shape index (κ2) is 6.64. The summed E-state index contributed by atoms with van der Waals surface area (Å²) in [5.41, 5.74) is 6.51. The van der Waals surface area contributed by atoms with Crippen LogP contribution in [-0.4, -0.2) is 24.4 Å². The molecule has 3 nitrogen and oxygen atoms in total. The zero-order valence-corrected chi connectivity index (χ0v) is 13.8. The van der Waals surface area contributed by atoms with Gasteiger partial charge in [-0.2, -0.15) is 0 Å². The minimum absolute atomic E-state index is 0.171. The summed E-state index contributed by atoms with van der Waals surface area (Å²) in [5.74, 6) is 0.429. The number of methoxy groups -OCH3 is 1. The molecule has 1 unspecified atom stereocenters. The van der Waals surface area contributed by atoms with Gasteiger partial charge in [0.2, 0.25) is 0 Å². The average molecular weight is 295 g/mol. The van der Waals surface area contributed by atoms with E-state index in [0.29, 0.717) is 6.42 Å². The van der Waals surface area contributed by atoms with Gasteiger partial charge < -0.3 is 10.5 Å². The molecule has 0 aromatic heterocycles. The van der Waals surface area contributed by atoms with Crippen molar-refractivity contribution >= 4 is 17.7 Å². The fraction of sp³-hybridized carbons (Fsp3) is 0.562. The van der Waals surface area contributed by atoms with Gasteiger partial charge in [0.05, 0.1) is 7.11 Å². The highest BCUT2D eigenvalue weighted by Gasteiger charge is 2.28. The molecule has 0 aliphatic carbocycles. The highest BCUT2D eigenvalue weighted by Crippen LogP contribution is 2.26. The average Bonchev–Trinajstić information content (AvgIpc) is 2.37. The van der Waals surface area contributed by atoms with Crippen LogP contribution in [0.1, 0.15) is 39.7 Å². The van der Waals surface area contributed by atoms with E-state index in [4.69, 9.17) is 10.5 Å². The van der Waals surface area contributed by atoms with E-state index in [1.54, 1.807) is 18.7 Å². The fourth-order valence-corrected chi connectivity index (χ4v) is 2.86. The van der Waals surface area contributed by atoms with Crippen molar-refractivity contribution in [2.45, 2.75) is 50.0 Å². The number of hydrogen-bond acceptors (Lipinski definition) is 4. The van der Waals surface area contributed by atoms with E-state index < -0.39 is 5.54 Å². The highest BCUT2D eigenvalue weighted by atomic mass is 32.2. The molecule has 1 aromatic carbocycles. The van der Waals surface area contributed by atoms with Crippen molar-refractivity contribution in [2.75, 3.05) is 12.9 Å². The second-order valence-electron chi connectivity index (χ2n) is 6.28. The summed E-state index contributed by atoms with van der Waals surface area (Å²) in [5, 5.41) is 0. The number of ether oxygens (including phenoxy) is 1. The first-order valence-electron chi connectivity index (χ1n) is 6.77. The van der Waals surface area contributed by atoms with Gasteiger partial charge in [-0.15, -0.1) is 11.8 Å². The van der Waals surface area contributed by atoms with Crippen LogP contribution in [0.15, 0.2) is 29.2 Å². The molecule has 4 heteroatoms. The first kappa shape index (κ1) is 17.1. The summed E-state index contributed by atoms with van der Waals surface area (Å²) < 4.78 is 4.70. The van der Waals surface area contributed by atoms with Crippen LogP contribution in [0, 0.1) is 0 Å². The molecule has 20 heavy (non-hydrogen) atoms.